The average molecular weight is 407 g/mol. The Morgan fingerprint density at radius 3 is 2.52 bits per heavy atom. The van der Waals surface area contributed by atoms with Crippen molar-refractivity contribution < 1.29 is 9.47 Å². The van der Waals surface area contributed by atoms with Gasteiger partial charge in [-0.05, 0) is 32.4 Å². The Hall–Kier alpha value is -1.18. The lowest BCUT2D eigenvalue weighted by Crippen LogP contribution is -2.23. The van der Waals surface area contributed by atoms with Gasteiger partial charge in [-0.3, -0.25) is 4.99 Å². The third kappa shape index (κ3) is 7.40. The number of nitrogens with one attached hydrogen (secondary N) is 1. The van der Waals surface area contributed by atoms with Crippen LogP contribution in [0.2, 0.25) is 0 Å². The lowest BCUT2D eigenvalue weighted by atomic mass is 10.2. The van der Waals surface area contributed by atoms with Crippen LogP contribution in [0.3, 0.4) is 0 Å². The van der Waals surface area contributed by atoms with E-state index in [-0.39, 0.29) is 24.0 Å². The summed E-state index contributed by atoms with van der Waals surface area (Å²) >= 11 is 0. The highest BCUT2D eigenvalue weighted by Gasteiger charge is 2.06. The maximum atomic E-state index is 5.88. The predicted molar refractivity (Wildman–Crippen MR) is 99.2 cm³/mol. The molecule has 0 unspecified atom stereocenters. The molecule has 0 aliphatic rings. The van der Waals surface area contributed by atoms with Crippen LogP contribution in [-0.2, 0) is 0 Å². The highest BCUT2D eigenvalue weighted by Crippen LogP contribution is 2.29. The van der Waals surface area contributed by atoms with Gasteiger partial charge in [0, 0.05) is 12.6 Å². The van der Waals surface area contributed by atoms with E-state index in [4.69, 9.17) is 15.2 Å². The molecule has 0 saturated heterocycles. The van der Waals surface area contributed by atoms with Gasteiger partial charge < -0.3 is 20.5 Å². The van der Waals surface area contributed by atoms with E-state index in [1.54, 1.807) is 0 Å². The third-order valence-corrected chi connectivity index (χ3v) is 2.62. The number of nitrogens with zero attached hydrogens (tertiary/aromatic N) is 1. The van der Waals surface area contributed by atoms with Gasteiger partial charge in [0.2, 0.25) is 0 Å². The molecule has 3 N–H and O–H groups in total. The lowest BCUT2D eigenvalue weighted by molar-refractivity contribution is 0.332. The van der Waals surface area contributed by atoms with Crippen LogP contribution in [0.25, 0.3) is 0 Å². The molecule has 1 aromatic rings. The van der Waals surface area contributed by atoms with E-state index in [2.05, 4.69) is 17.2 Å². The van der Waals surface area contributed by atoms with Gasteiger partial charge >= 0.3 is 0 Å². The first-order valence-electron chi connectivity index (χ1n) is 7.17. The minimum Gasteiger partial charge on any atom is -0.494 e. The zero-order valence-electron chi connectivity index (χ0n) is 13.0. The molecule has 0 fully saturated rings. The van der Waals surface area contributed by atoms with Gasteiger partial charge in [0.15, 0.2) is 5.96 Å². The number of rotatable bonds is 8. The summed E-state index contributed by atoms with van der Waals surface area (Å²) < 4.78 is 11.1. The second kappa shape index (κ2) is 11.5. The van der Waals surface area contributed by atoms with Gasteiger partial charge in [-0.1, -0.05) is 13.3 Å². The molecule has 0 bridgehead atoms. The number of anilines is 1. The SMILES string of the molecule is CCCCN=C(N)Nc1cc(OCC)ccc1OCC.I. The molecular weight excluding hydrogens is 381 g/mol. The normalized spacial score (nSPS) is 10.7. The highest BCUT2D eigenvalue weighted by atomic mass is 127. The molecule has 0 saturated carbocycles. The van der Waals surface area contributed by atoms with Crippen molar-refractivity contribution in [1.29, 1.82) is 0 Å². The second-order valence-electron chi connectivity index (χ2n) is 4.27. The van der Waals surface area contributed by atoms with E-state index in [0.29, 0.717) is 19.2 Å². The first kappa shape index (κ1) is 19.8. The van der Waals surface area contributed by atoms with Crippen LogP contribution >= 0.6 is 24.0 Å². The van der Waals surface area contributed by atoms with Gasteiger partial charge in [0.1, 0.15) is 11.5 Å². The summed E-state index contributed by atoms with van der Waals surface area (Å²) in [6.45, 7) is 7.95. The molecule has 1 aromatic carbocycles. The van der Waals surface area contributed by atoms with E-state index in [9.17, 15) is 0 Å². The number of aliphatic imine (C=N–C) groups is 1. The van der Waals surface area contributed by atoms with Crippen molar-refractivity contribution in [2.24, 2.45) is 10.7 Å². The molecule has 0 amide bonds. The lowest BCUT2D eigenvalue weighted by Gasteiger charge is -2.13. The van der Waals surface area contributed by atoms with Crippen molar-refractivity contribution in [2.75, 3.05) is 25.1 Å². The average Bonchev–Trinajstić information content (AvgIpc) is 2.42. The smallest absolute Gasteiger partial charge is 0.193 e. The number of halogens is 1. The molecule has 5 nitrogen and oxygen atoms in total. The number of benzene rings is 1. The Kier molecular flexibility index (Phi) is 10.8. The summed E-state index contributed by atoms with van der Waals surface area (Å²) in [5, 5.41) is 3.08. The monoisotopic (exact) mass is 407 g/mol. The summed E-state index contributed by atoms with van der Waals surface area (Å²) in [5.41, 5.74) is 6.65. The highest BCUT2D eigenvalue weighted by molar-refractivity contribution is 14.0. The Morgan fingerprint density at radius 1 is 1.19 bits per heavy atom. The molecule has 0 atom stereocenters. The maximum absolute atomic E-state index is 5.88. The van der Waals surface area contributed by atoms with Crippen LogP contribution in [0.15, 0.2) is 23.2 Å². The summed E-state index contributed by atoms with van der Waals surface area (Å²) in [5.74, 6) is 1.91. The zero-order valence-corrected chi connectivity index (χ0v) is 15.3. The van der Waals surface area contributed by atoms with Gasteiger partial charge in [-0.25, -0.2) is 0 Å². The van der Waals surface area contributed by atoms with Crippen molar-refractivity contribution in [1.82, 2.24) is 0 Å². The number of unbranched alkanes of at least 4 members (excludes halogenated alkanes) is 1. The van der Waals surface area contributed by atoms with Crippen LogP contribution in [0.4, 0.5) is 5.69 Å². The fourth-order valence-electron chi connectivity index (χ4n) is 1.68. The van der Waals surface area contributed by atoms with E-state index < -0.39 is 0 Å². The summed E-state index contributed by atoms with van der Waals surface area (Å²) in [7, 11) is 0. The molecule has 1 rings (SSSR count). The van der Waals surface area contributed by atoms with Crippen LogP contribution < -0.4 is 20.5 Å². The quantitative estimate of drug-likeness (QED) is 0.299. The van der Waals surface area contributed by atoms with Gasteiger partial charge in [0.05, 0.1) is 18.9 Å². The van der Waals surface area contributed by atoms with Crippen LogP contribution in [0.5, 0.6) is 11.5 Å². The van der Waals surface area contributed by atoms with Crippen molar-refractivity contribution in [3.8, 4) is 11.5 Å². The van der Waals surface area contributed by atoms with Crippen molar-refractivity contribution in [3.05, 3.63) is 18.2 Å². The fourth-order valence-corrected chi connectivity index (χ4v) is 1.68. The predicted octanol–water partition coefficient (Wildman–Crippen LogP) is 3.63. The minimum absolute atomic E-state index is 0. The van der Waals surface area contributed by atoms with Crippen LogP contribution in [-0.4, -0.2) is 25.7 Å². The summed E-state index contributed by atoms with van der Waals surface area (Å²) in [6.07, 6.45) is 2.13. The number of nitrogens with two attached hydrogens (primary N) is 1. The Morgan fingerprint density at radius 2 is 1.90 bits per heavy atom. The maximum Gasteiger partial charge on any atom is 0.193 e. The molecule has 21 heavy (non-hydrogen) atoms. The minimum atomic E-state index is 0. The van der Waals surface area contributed by atoms with Gasteiger partial charge in [-0.15, -0.1) is 24.0 Å². The number of hydrogen-bond acceptors (Lipinski definition) is 3. The molecule has 0 heterocycles. The third-order valence-electron chi connectivity index (χ3n) is 2.62. The van der Waals surface area contributed by atoms with E-state index >= 15 is 0 Å². The molecule has 0 spiro atoms. The Labute approximate surface area is 144 Å². The Balaban J connectivity index is 0.00000400. The van der Waals surface area contributed by atoms with E-state index in [1.165, 1.54) is 0 Å². The second-order valence-corrected chi connectivity index (χ2v) is 4.27. The fraction of sp³-hybridized carbons (Fsp3) is 0.533. The molecule has 0 radical (unpaired) electrons. The molecule has 0 aliphatic heterocycles. The van der Waals surface area contributed by atoms with Gasteiger partial charge in [-0.2, -0.15) is 0 Å². The largest absolute Gasteiger partial charge is 0.494 e. The van der Waals surface area contributed by atoms with Crippen molar-refractivity contribution in [3.63, 3.8) is 0 Å². The summed E-state index contributed by atoms with van der Waals surface area (Å²) in [6, 6.07) is 5.62. The number of hydrogen-bond donors (Lipinski definition) is 2. The molecule has 0 aliphatic carbocycles. The zero-order chi connectivity index (χ0) is 14.8. The van der Waals surface area contributed by atoms with Crippen LogP contribution in [0, 0.1) is 0 Å². The number of ether oxygens (including phenoxy) is 2. The first-order chi connectivity index (χ1) is 9.71. The van der Waals surface area contributed by atoms with E-state index in [1.807, 2.05) is 32.0 Å². The molecule has 120 valence electrons. The standard InChI is InChI=1S/C15H25N3O2.HI/c1-4-7-10-17-15(16)18-13-11-12(19-5-2)8-9-14(13)20-6-3;/h8-9,11H,4-7,10H2,1-3H3,(H3,16,17,18);1H. The van der Waals surface area contributed by atoms with Gasteiger partial charge in [0.25, 0.3) is 0 Å². The molecular formula is C15H26IN3O2. The molecule has 0 aromatic heterocycles. The van der Waals surface area contributed by atoms with Crippen molar-refractivity contribution >= 4 is 35.6 Å². The van der Waals surface area contributed by atoms with E-state index in [0.717, 1.165) is 36.6 Å². The number of guanidine groups is 1. The van der Waals surface area contributed by atoms with Crippen LogP contribution in [0.1, 0.15) is 33.6 Å². The molecule has 6 heteroatoms. The Bertz CT molecular complexity index is 439. The topological polar surface area (TPSA) is 68.9 Å². The summed E-state index contributed by atoms with van der Waals surface area (Å²) in [4.78, 5) is 4.27. The first-order valence-corrected chi connectivity index (χ1v) is 7.17. The van der Waals surface area contributed by atoms with Crippen molar-refractivity contribution in [2.45, 2.75) is 33.6 Å².